The summed E-state index contributed by atoms with van der Waals surface area (Å²) in [5, 5.41) is 39.6. The maximum Gasteiger partial charge on any atom is 0.348 e. The molecule has 0 bridgehead atoms. The summed E-state index contributed by atoms with van der Waals surface area (Å²) in [4.78, 5) is 77.2. The quantitative estimate of drug-likeness (QED) is 0.0670. The van der Waals surface area contributed by atoms with Gasteiger partial charge in [-0.3, -0.25) is 29.8 Å². The van der Waals surface area contributed by atoms with Gasteiger partial charge in [0.15, 0.2) is 0 Å². The third-order valence-electron chi connectivity index (χ3n) is 5.95. The Morgan fingerprint density at radius 2 is 1.17 bits per heavy atom. The molecular weight excluding hydrogens is 697 g/mol. The molecule has 0 unspecified atom stereocenters. The molecule has 4 aromatic rings. The summed E-state index contributed by atoms with van der Waals surface area (Å²) in [6.45, 7) is -0.876. The lowest BCUT2D eigenvalue weighted by Gasteiger charge is -2.23. The molecule has 260 valence electrons. The van der Waals surface area contributed by atoms with Gasteiger partial charge in [0.25, 0.3) is 16.8 Å². The standard InChI is InChI=1S/C13H17N5O8S.C9H7FN4O6S/c1-27(25,26)15-17-12(21)8-6-10(16(2-4-19)3-5-20)11(18(23)24)7-9(8)14-13(17)22;1-21(19,20)12-13-8(15)4-2-5(10)7(14(17)18)3-6(4)11-9(13)16/h6-7,15,19-20H,2-5H2,1H3,(H,14,22);2-3,12H,1H3,(H,11,16). The average Bonchev–Trinajstić information content (AvgIpc) is 2.96. The van der Waals surface area contributed by atoms with Crippen LogP contribution in [0.2, 0.25) is 0 Å². The minimum atomic E-state index is -3.95. The van der Waals surface area contributed by atoms with Gasteiger partial charge in [0, 0.05) is 25.2 Å². The molecule has 2 heterocycles. The van der Waals surface area contributed by atoms with Gasteiger partial charge in [-0.1, -0.05) is 0 Å². The van der Waals surface area contributed by atoms with Gasteiger partial charge in [-0.05, 0) is 12.1 Å². The van der Waals surface area contributed by atoms with Crippen LogP contribution in [-0.4, -0.2) is 95.0 Å². The smallest absolute Gasteiger partial charge is 0.348 e. The molecule has 0 aliphatic rings. The molecule has 26 heteroatoms. The number of hydrogen-bond acceptors (Lipinski definition) is 15. The number of rotatable bonds is 11. The SMILES string of the molecule is CS(=O)(=O)Nn1c(=O)[nH]c2cc([N+](=O)[O-])c(F)cc2c1=O.CS(=O)(=O)Nn1c(=O)[nH]c2cc([N+](=O)[O-])c(N(CCO)CCO)cc2c1=O. The van der Waals surface area contributed by atoms with Crippen LogP contribution >= 0.6 is 0 Å². The Balaban J connectivity index is 0.000000269. The van der Waals surface area contributed by atoms with Gasteiger partial charge in [0.1, 0.15) is 5.69 Å². The number of nitrogens with zero attached hydrogens (tertiary/aromatic N) is 5. The van der Waals surface area contributed by atoms with E-state index in [1.54, 1.807) is 9.66 Å². The Kier molecular flexibility index (Phi) is 10.7. The zero-order chi connectivity index (χ0) is 36.3. The minimum Gasteiger partial charge on any atom is -0.395 e. The predicted octanol–water partition coefficient (Wildman–Crippen LogP) is -2.87. The molecule has 0 spiro atoms. The van der Waals surface area contributed by atoms with Crippen LogP contribution in [0.1, 0.15) is 0 Å². The summed E-state index contributed by atoms with van der Waals surface area (Å²) >= 11 is 0. The number of nitrogens with one attached hydrogen (secondary N) is 4. The van der Waals surface area contributed by atoms with Gasteiger partial charge in [-0.15, -0.1) is 0 Å². The Morgan fingerprint density at radius 1 is 0.771 bits per heavy atom. The van der Waals surface area contributed by atoms with Crippen LogP contribution in [0.25, 0.3) is 21.8 Å². The third kappa shape index (κ3) is 8.34. The maximum atomic E-state index is 13.5. The topological polar surface area (TPSA) is 332 Å². The highest BCUT2D eigenvalue weighted by atomic mass is 32.2. The largest absolute Gasteiger partial charge is 0.395 e. The van der Waals surface area contributed by atoms with Crippen molar-refractivity contribution in [3.8, 4) is 0 Å². The van der Waals surface area contributed by atoms with Crippen molar-refractivity contribution < 1.29 is 41.3 Å². The average molecular weight is 722 g/mol. The van der Waals surface area contributed by atoms with E-state index in [2.05, 4.69) is 9.97 Å². The number of aromatic nitrogens is 4. The summed E-state index contributed by atoms with van der Waals surface area (Å²) < 4.78 is 58.7. The van der Waals surface area contributed by atoms with Gasteiger partial charge >= 0.3 is 17.1 Å². The number of aliphatic hydroxyl groups is 2. The highest BCUT2D eigenvalue weighted by molar-refractivity contribution is 7.91. The van der Waals surface area contributed by atoms with Gasteiger partial charge in [-0.2, -0.15) is 13.7 Å². The predicted molar refractivity (Wildman–Crippen MR) is 166 cm³/mol. The molecule has 0 saturated carbocycles. The summed E-state index contributed by atoms with van der Waals surface area (Å²) in [5.41, 5.74) is -6.41. The number of aliphatic hydroxyl groups excluding tert-OH is 2. The molecule has 6 N–H and O–H groups in total. The molecule has 23 nitrogen and oxygen atoms in total. The maximum absolute atomic E-state index is 13.5. The van der Waals surface area contributed by atoms with Gasteiger partial charge in [0.2, 0.25) is 25.9 Å². The number of nitro groups is 2. The molecule has 2 aromatic carbocycles. The normalized spacial score (nSPS) is 11.5. The van der Waals surface area contributed by atoms with Crippen molar-refractivity contribution in [2.45, 2.75) is 0 Å². The van der Waals surface area contributed by atoms with E-state index >= 15 is 0 Å². The lowest BCUT2D eigenvalue weighted by Crippen LogP contribution is -2.43. The monoisotopic (exact) mass is 721 g/mol. The molecule has 2 aromatic heterocycles. The highest BCUT2D eigenvalue weighted by Gasteiger charge is 2.23. The second-order valence-electron chi connectivity index (χ2n) is 9.55. The Bertz CT molecular complexity index is 2400. The molecule has 48 heavy (non-hydrogen) atoms. The molecule has 0 fully saturated rings. The van der Waals surface area contributed by atoms with Crippen LogP contribution in [0.3, 0.4) is 0 Å². The van der Waals surface area contributed by atoms with Crippen molar-refractivity contribution in [1.82, 2.24) is 19.3 Å². The van der Waals surface area contributed by atoms with Gasteiger partial charge in [0.05, 0.1) is 57.4 Å². The first-order chi connectivity index (χ1) is 22.2. The van der Waals surface area contributed by atoms with Crippen LogP contribution in [0.4, 0.5) is 21.5 Å². The summed E-state index contributed by atoms with van der Waals surface area (Å²) in [5.74, 6) is -1.29. The lowest BCUT2D eigenvalue weighted by molar-refractivity contribution is -0.387. The van der Waals surface area contributed by atoms with Crippen LogP contribution in [0.5, 0.6) is 0 Å². The number of hydrogen-bond donors (Lipinski definition) is 6. The number of halogens is 1. The number of sulfonamides is 2. The van der Waals surface area contributed by atoms with Crippen molar-refractivity contribution in [1.29, 1.82) is 0 Å². The fraction of sp³-hybridized carbons (Fsp3) is 0.273. The van der Waals surface area contributed by atoms with E-state index in [1.165, 1.54) is 4.90 Å². The fourth-order valence-electron chi connectivity index (χ4n) is 4.10. The van der Waals surface area contributed by atoms with E-state index in [0.29, 0.717) is 18.4 Å². The number of nitro benzene ring substituents is 2. The Morgan fingerprint density at radius 3 is 1.54 bits per heavy atom. The molecule has 0 radical (unpaired) electrons. The van der Waals surface area contributed by atoms with E-state index in [4.69, 9.17) is 10.2 Å². The number of anilines is 1. The number of benzene rings is 2. The first-order valence-electron chi connectivity index (χ1n) is 12.7. The molecular formula is C22H24FN9O14S2. The molecule has 0 amide bonds. The third-order valence-corrected chi connectivity index (χ3v) is 6.97. The molecule has 0 saturated heterocycles. The van der Waals surface area contributed by atoms with Crippen molar-refractivity contribution in [3.05, 3.63) is 92.0 Å². The summed E-state index contributed by atoms with van der Waals surface area (Å²) in [6, 6.07) is 3.28. The van der Waals surface area contributed by atoms with Gasteiger partial charge < -0.3 is 25.1 Å². The van der Waals surface area contributed by atoms with Crippen molar-refractivity contribution >= 4 is 58.9 Å². The number of aromatic amines is 2. The van der Waals surface area contributed by atoms with Crippen molar-refractivity contribution in [2.24, 2.45) is 0 Å². The number of H-pyrrole nitrogens is 2. The Labute approximate surface area is 264 Å². The molecule has 0 atom stereocenters. The molecule has 4 rings (SSSR count). The van der Waals surface area contributed by atoms with Gasteiger partial charge in [-0.25, -0.2) is 36.1 Å². The van der Waals surface area contributed by atoms with Crippen LogP contribution in [-0.2, 0) is 20.0 Å². The van der Waals surface area contributed by atoms with Crippen LogP contribution < -0.4 is 37.1 Å². The Hall–Kier alpha value is -5.73. The second kappa shape index (κ2) is 13.9. The van der Waals surface area contributed by atoms with Crippen LogP contribution in [0.15, 0.2) is 43.4 Å². The van der Waals surface area contributed by atoms with E-state index in [-0.39, 0.29) is 57.8 Å². The highest BCUT2D eigenvalue weighted by Crippen LogP contribution is 2.31. The summed E-state index contributed by atoms with van der Waals surface area (Å²) in [7, 11) is -7.88. The van der Waals surface area contributed by atoms with E-state index < -0.39 is 75.0 Å². The zero-order valence-corrected chi connectivity index (χ0v) is 26.0. The van der Waals surface area contributed by atoms with Crippen molar-refractivity contribution in [2.75, 3.05) is 53.4 Å². The first kappa shape index (κ1) is 36.7. The van der Waals surface area contributed by atoms with E-state index in [9.17, 15) is 60.6 Å². The van der Waals surface area contributed by atoms with Crippen LogP contribution in [0, 0.1) is 26.0 Å². The minimum absolute atomic E-state index is 0.0635. The zero-order valence-electron chi connectivity index (χ0n) is 24.4. The molecule has 0 aliphatic heterocycles. The fourth-order valence-corrected chi connectivity index (χ4v) is 5.09. The second-order valence-corrected chi connectivity index (χ2v) is 13.0. The van der Waals surface area contributed by atoms with E-state index in [0.717, 1.165) is 18.4 Å². The number of fused-ring (bicyclic) bond motifs is 2. The van der Waals surface area contributed by atoms with Crippen molar-refractivity contribution in [3.63, 3.8) is 0 Å². The lowest BCUT2D eigenvalue weighted by atomic mass is 10.1. The van der Waals surface area contributed by atoms with E-state index in [1.807, 2.05) is 0 Å². The molecule has 0 aliphatic carbocycles. The summed E-state index contributed by atoms with van der Waals surface area (Å²) in [6.07, 6.45) is 1.45. The first-order valence-corrected chi connectivity index (χ1v) is 16.5.